The van der Waals surface area contributed by atoms with Gasteiger partial charge in [-0.25, -0.2) is 4.79 Å². The fourth-order valence-electron chi connectivity index (χ4n) is 8.25. The molecule has 0 aromatic heterocycles. The number of halogens is 3. The van der Waals surface area contributed by atoms with E-state index in [1.165, 1.54) is 24.0 Å². The van der Waals surface area contributed by atoms with E-state index in [2.05, 4.69) is 36.6 Å². The Labute approximate surface area is 409 Å². The van der Waals surface area contributed by atoms with Crippen molar-refractivity contribution in [3.8, 4) is 5.75 Å². The number of likely N-dealkylation sites (tertiary alicyclic amines) is 1. The number of fused-ring (bicyclic) bond motifs is 2. The molecule has 1 aliphatic heterocycles. The molecule has 71 heavy (non-hydrogen) atoms. The predicted molar refractivity (Wildman–Crippen MR) is 254 cm³/mol. The molecule has 3 aromatic rings. The summed E-state index contributed by atoms with van der Waals surface area (Å²) < 4.78 is 42.4. The Balaban J connectivity index is 1.14. The van der Waals surface area contributed by atoms with E-state index in [1.807, 2.05) is 13.8 Å². The number of carbonyl (C=O) groups is 9. The minimum atomic E-state index is -5.22. The molecule has 382 valence electrons. The van der Waals surface area contributed by atoms with Crippen molar-refractivity contribution in [2.45, 2.75) is 110 Å². The molecule has 1 aliphatic carbocycles. The standard InChI is InChI=1S/C50H61F3N8O10/c1-27(2)23-36(60-46(67)37(59-44(65)29(5)54)25-30-16-18-31(19-17-30)71-49(70)50(51,52)53)45(66)57-26-40(62)58-38(24-28(3)4)48(69)61-22-9-15-39(61)47(68)56-21-10-20-55-35-14-8-13-34-41(35)43(64)33-12-7-6-11-32(33)42(34)63/h6-8,11-14,16-19,27-29,36-39,55H,9-10,15,20-26,54H2,1-5H3,(H,56,68)(H,57,66)(H,58,62)(H,59,65)(H,60,67)/t29-,36-,37-,38-,39-/m0/s1. The van der Waals surface area contributed by atoms with E-state index in [-0.39, 0.29) is 61.7 Å². The molecular weight excluding hydrogens is 930 g/mol. The summed E-state index contributed by atoms with van der Waals surface area (Å²) in [6, 6.07) is 11.1. The molecule has 5 atom stereocenters. The summed E-state index contributed by atoms with van der Waals surface area (Å²) in [5.74, 6) is -7.34. The summed E-state index contributed by atoms with van der Waals surface area (Å²) in [5, 5.41) is 16.5. The fraction of sp³-hybridized carbons (Fsp3) is 0.460. The van der Waals surface area contributed by atoms with Gasteiger partial charge in [0.2, 0.25) is 35.4 Å². The van der Waals surface area contributed by atoms with Crippen LogP contribution in [0.25, 0.3) is 0 Å². The summed E-state index contributed by atoms with van der Waals surface area (Å²) in [4.78, 5) is 120. The summed E-state index contributed by atoms with van der Waals surface area (Å²) >= 11 is 0. The number of ether oxygens (including phenoxy) is 1. The highest BCUT2D eigenvalue weighted by molar-refractivity contribution is 6.30. The SMILES string of the molecule is CC(C)C[C@H](NC(=O)[C@H](Cc1ccc(OC(=O)C(F)(F)F)cc1)NC(=O)[C@H](C)N)C(=O)NCC(=O)N[C@@H](CC(C)C)C(=O)N1CCC[C@H]1C(=O)NCCCNc1cccc2c1C(=O)c1ccccc1C2=O. The second-order valence-corrected chi connectivity index (χ2v) is 18.4. The van der Waals surface area contributed by atoms with Gasteiger partial charge in [-0.1, -0.05) is 76.2 Å². The Hall–Kier alpha value is -7.16. The van der Waals surface area contributed by atoms with Gasteiger partial charge in [-0.3, -0.25) is 38.4 Å². The molecule has 6 amide bonds. The zero-order valence-corrected chi connectivity index (χ0v) is 40.2. The molecule has 0 unspecified atom stereocenters. The van der Waals surface area contributed by atoms with Crippen LogP contribution in [0, 0.1) is 11.8 Å². The number of hydrogen-bond acceptors (Lipinski definition) is 12. The third-order valence-electron chi connectivity index (χ3n) is 11.7. The second kappa shape index (κ2) is 24.6. The molecule has 8 N–H and O–H groups in total. The number of amides is 6. The first-order valence-electron chi connectivity index (χ1n) is 23.5. The Morgan fingerprint density at radius 1 is 0.718 bits per heavy atom. The van der Waals surface area contributed by atoms with Gasteiger partial charge in [0, 0.05) is 48.4 Å². The van der Waals surface area contributed by atoms with Crippen LogP contribution in [0.1, 0.15) is 104 Å². The maximum Gasteiger partial charge on any atom is 0.491 e. The van der Waals surface area contributed by atoms with Crippen LogP contribution in [-0.4, -0.2) is 120 Å². The van der Waals surface area contributed by atoms with E-state index in [1.54, 1.807) is 56.3 Å². The summed E-state index contributed by atoms with van der Waals surface area (Å²) in [5.41, 5.74) is 7.89. The molecule has 21 heteroatoms. The van der Waals surface area contributed by atoms with Gasteiger partial charge in [0.25, 0.3) is 0 Å². The Morgan fingerprint density at radius 2 is 1.34 bits per heavy atom. The molecule has 18 nitrogen and oxygen atoms in total. The normalized spacial score (nSPS) is 15.9. The Kier molecular flexibility index (Phi) is 19.0. The maximum absolute atomic E-state index is 14.0. The van der Waals surface area contributed by atoms with Crippen molar-refractivity contribution in [3.05, 3.63) is 94.5 Å². The first-order chi connectivity index (χ1) is 33.5. The van der Waals surface area contributed by atoms with Gasteiger partial charge in [0.15, 0.2) is 11.6 Å². The zero-order chi connectivity index (χ0) is 52.2. The highest BCUT2D eigenvalue weighted by atomic mass is 19.4. The number of ketones is 2. The van der Waals surface area contributed by atoms with Crippen molar-refractivity contribution in [1.29, 1.82) is 0 Å². The number of benzene rings is 3. The minimum Gasteiger partial charge on any atom is -0.420 e. The summed E-state index contributed by atoms with van der Waals surface area (Å²) in [7, 11) is 0. The van der Waals surface area contributed by atoms with Crippen molar-refractivity contribution in [2.24, 2.45) is 17.6 Å². The molecule has 3 aromatic carbocycles. The minimum absolute atomic E-state index is 0.0641. The maximum atomic E-state index is 14.0. The number of alkyl halides is 3. The number of esters is 1. The van der Waals surface area contributed by atoms with E-state index < -0.39 is 84.2 Å². The molecule has 5 rings (SSSR count). The van der Waals surface area contributed by atoms with Gasteiger partial charge in [-0.05, 0) is 74.6 Å². The lowest BCUT2D eigenvalue weighted by Gasteiger charge is -2.29. The van der Waals surface area contributed by atoms with Crippen LogP contribution in [0.15, 0.2) is 66.7 Å². The van der Waals surface area contributed by atoms with E-state index >= 15 is 0 Å². The average Bonchev–Trinajstić information content (AvgIpc) is 3.82. The van der Waals surface area contributed by atoms with Crippen molar-refractivity contribution in [3.63, 3.8) is 0 Å². The topological polar surface area (TPSA) is 264 Å². The van der Waals surface area contributed by atoms with Crippen LogP contribution >= 0.6 is 0 Å². The lowest BCUT2D eigenvalue weighted by molar-refractivity contribution is -0.189. The van der Waals surface area contributed by atoms with Crippen molar-refractivity contribution >= 4 is 58.7 Å². The van der Waals surface area contributed by atoms with Gasteiger partial charge >= 0.3 is 12.1 Å². The molecular formula is C50H61F3N8O10. The molecule has 0 bridgehead atoms. The quantitative estimate of drug-likeness (QED) is 0.0341. The van der Waals surface area contributed by atoms with Crippen LogP contribution in [0.3, 0.4) is 0 Å². The van der Waals surface area contributed by atoms with Crippen LogP contribution in [0.5, 0.6) is 5.75 Å². The average molecular weight is 991 g/mol. The van der Waals surface area contributed by atoms with Gasteiger partial charge in [0.1, 0.15) is 29.9 Å². The zero-order valence-electron chi connectivity index (χ0n) is 40.2. The lowest BCUT2D eigenvalue weighted by Crippen LogP contribution is -2.57. The molecule has 0 saturated carbocycles. The van der Waals surface area contributed by atoms with E-state index in [0.29, 0.717) is 59.3 Å². The Morgan fingerprint density at radius 3 is 1.97 bits per heavy atom. The molecule has 1 saturated heterocycles. The van der Waals surface area contributed by atoms with Gasteiger partial charge in [-0.2, -0.15) is 13.2 Å². The third kappa shape index (κ3) is 14.9. The van der Waals surface area contributed by atoms with Crippen LogP contribution in [-0.2, 0) is 40.0 Å². The number of hydrogen-bond donors (Lipinski definition) is 7. The van der Waals surface area contributed by atoms with Gasteiger partial charge in [-0.15, -0.1) is 0 Å². The number of rotatable bonds is 22. The fourth-order valence-corrected chi connectivity index (χ4v) is 8.25. The number of nitrogens with two attached hydrogens (primary N) is 1. The number of nitrogens with zero attached hydrogens (tertiary/aromatic N) is 1. The van der Waals surface area contributed by atoms with Crippen molar-refractivity contribution in [2.75, 3.05) is 31.5 Å². The molecule has 0 spiro atoms. The molecule has 1 heterocycles. The first-order valence-corrected chi connectivity index (χ1v) is 23.5. The Bertz CT molecular complexity index is 2480. The second-order valence-electron chi connectivity index (χ2n) is 18.4. The predicted octanol–water partition coefficient (Wildman–Crippen LogP) is 3.09. The number of anilines is 1. The monoisotopic (exact) mass is 990 g/mol. The van der Waals surface area contributed by atoms with Crippen molar-refractivity contribution in [1.82, 2.24) is 31.5 Å². The van der Waals surface area contributed by atoms with Gasteiger partial charge in [0.05, 0.1) is 18.2 Å². The third-order valence-corrected chi connectivity index (χ3v) is 11.7. The highest BCUT2D eigenvalue weighted by Crippen LogP contribution is 2.32. The van der Waals surface area contributed by atoms with E-state index in [0.717, 1.165) is 12.1 Å². The smallest absolute Gasteiger partial charge is 0.420 e. The highest BCUT2D eigenvalue weighted by Gasteiger charge is 2.42. The number of carbonyl (C=O) groups excluding carboxylic acids is 9. The van der Waals surface area contributed by atoms with E-state index in [9.17, 15) is 56.3 Å². The van der Waals surface area contributed by atoms with Gasteiger partial charge < -0.3 is 47.3 Å². The number of nitrogens with one attached hydrogen (secondary N) is 6. The van der Waals surface area contributed by atoms with E-state index in [4.69, 9.17) is 5.73 Å². The largest absolute Gasteiger partial charge is 0.491 e. The van der Waals surface area contributed by atoms with Crippen LogP contribution in [0.2, 0.25) is 0 Å². The molecule has 2 aliphatic rings. The van der Waals surface area contributed by atoms with Crippen LogP contribution < -0.4 is 42.4 Å². The summed E-state index contributed by atoms with van der Waals surface area (Å²) in [6.07, 6.45) is -3.71. The molecule has 1 fully saturated rings. The molecule has 0 radical (unpaired) electrons. The van der Waals surface area contributed by atoms with Crippen molar-refractivity contribution < 1.29 is 61.1 Å². The summed E-state index contributed by atoms with van der Waals surface area (Å²) in [6.45, 7) is 8.99. The first kappa shape index (κ1) is 54.8. The van der Waals surface area contributed by atoms with Crippen LogP contribution in [0.4, 0.5) is 18.9 Å². The lowest BCUT2D eigenvalue weighted by atomic mass is 9.83.